The Morgan fingerprint density at radius 1 is 0.574 bits per heavy atom. The Morgan fingerprint density at radius 3 is 1.30 bits per heavy atom. The maximum absolute atomic E-state index is 13.4. The Bertz CT molecular complexity index is 1920. The van der Waals surface area contributed by atoms with Crippen LogP contribution in [0.5, 0.6) is 0 Å². The number of ketones is 2. The maximum Gasteiger partial charge on any atom is 0.195 e. The van der Waals surface area contributed by atoms with Crippen LogP contribution in [-0.2, 0) is 0 Å². The van der Waals surface area contributed by atoms with Crippen LogP contribution in [0.1, 0.15) is 31.8 Å². The molecule has 0 amide bonds. The molecule has 0 aliphatic carbocycles. The molecule has 0 radical (unpaired) electrons. The van der Waals surface area contributed by atoms with Gasteiger partial charge in [0.25, 0.3) is 0 Å². The van der Waals surface area contributed by atoms with Crippen molar-refractivity contribution in [2.75, 3.05) is 39.7 Å². The normalized spacial score (nSPS) is 11.7. The standard InChI is InChI=1S/C39H36N4O4/c1-42(2)23-32(38(45)25-11-7-5-8-12-25)30-17-15-27(19-34(30)40)36-21-29(44)22-37(47-36)28-16-18-31(35(41)20-28)33(24-43(3)4)39(46)26-13-9-6-10-14-26/h5-24H,40-41H2,1-4H3/b32-23-,33-24-. The average molecular weight is 625 g/mol. The van der Waals surface area contributed by atoms with Crippen LogP contribution < -0.4 is 16.9 Å². The molecule has 5 rings (SSSR count). The van der Waals surface area contributed by atoms with E-state index in [1.807, 2.05) is 64.6 Å². The van der Waals surface area contributed by atoms with Crippen molar-refractivity contribution >= 4 is 34.1 Å². The molecule has 47 heavy (non-hydrogen) atoms. The highest BCUT2D eigenvalue weighted by molar-refractivity contribution is 6.30. The van der Waals surface area contributed by atoms with Gasteiger partial charge in [-0.05, 0) is 12.1 Å². The molecule has 0 saturated carbocycles. The van der Waals surface area contributed by atoms with Gasteiger partial charge in [-0.3, -0.25) is 14.4 Å². The fraction of sp³-hybridized carbons (Fsp3) is 0.103. The van der Waals surface area contributed by atoms with Crippen molar-refractivity contribution in [2.24, 2.45) is 0 Å². The number of carbonyl (C=O) groups is 2. The van der Waals surface area contributed by atoms with Crippen molar-refractivity contribution in [1.29, 1.82) is 0 Å². The molecule has 5 aromatic rings. The molecule has 0 fully saturated rings. The predicted octanol–water partition coefficient (Wildman–Crippen LogP) is 6.71. The number of rotatable bonds is 10. The van der Waals surface area contributed by atoms with Crippen LogP contribution in [0.25, 0.3) is 33.8 Å². The van der Waals surface area contributed by atoms with Crippen molar-refractivity contribution in [3.63, 3.8) is 0 Å². The SMILES string of the molecule is CN(C)/C=C(\C(=O)c1ccccc1)c1ccc(-c2cc(=O)cc(-c3ccc(/C(=C/N(C)C)C(=O)c4ccccc4)c(N)c3)o2)cc1N. The van der Waals surface area contributed by atoms with Gasteiger partial charge >= 0.3 is 0 Å². The molecular formula is C39H36N4O4. The molecule has 0 spiro atoms. The summed E-state index contributed by atoms with van der Waals surface area (Å²) in [4.78, 5) is 43.3. The molecule has 1 heterocycles. The molecule has 0 saturated heterocycles. The number of Topliss-reactive ketones (excluding diaryl/α,β-unsaturated/α-hetero) is 2. The molecule has 4 aromatic carbocycles. The van der Waals surface area contributed by atoms with E-state index in [1.165, 1.54) is 12.1 Å². The number of anilines is 2. The number of allylic oxidation sites excluding steroid dienone is 2. The van der Waals surface area contributed by atoms with Crippen molar-refractivity contribution < 1.29 is 14.0 Å². The summed E-state index contributed by atoms with van der Waals surface area (Å²) in [5.74, 6) is 0.270. The van der Waals surface area contributed by atoms with Gasteiger partial charge in [0.05, 0.1) is 0 Å². The van der Waals surface area contributed by atoms with E-state index in [4.69, 9.17) is 15.9 Å². The van der Waals surface area contributed by atoms with Crippen LogP contribution in [0, 0.1) is 0 Å². The molecule has 0 aliphatic heterocycles. The van der Waals surface area contributed by atoms with E-state index in [2.05, 4.69) is 0 Å². The summed E-state index contributed by atoms with van der Waals surface area (Å²) in [6.07, 6.45) is 3.48. The third kappa shape index (κ3) is 7.40. The molecular weight excluding hydrogens is 588 g/mol. The van der Waals surface area contributed by atoms with Crippen molar-refractivity contribution in [3.8, 4) is 22.6 Å². The maximum atomic E-state index is 13.4. The van der Waals surface area contributed by atoms with Crippen LogP contribution in [0.15, 0.2) is 131 Å². The van der Waals surface area contributed by atoms with E-state index in [1.54, 1.807) is 82.9 Å². The molecule has 8 heteroatoms. The number of hydrogen-bond donors (Lipinski definition) is 2. The topological polar surface area (TPSA) is 123 Å². The van der Waals surface area contributed by atoms with Crippen LogP contribution in [0.2, 0.25) is 0 Å². The Labute approximate surface area is 273 Å². The highest BCUT2D eigenvalue weighted by atomic mass is 16.3. The molecule has 0 atom stereocenters. The third-order valence-corrected chi connectivity index (χ3v) is 7.35. The van der Waals surface area contributed by atoms with Crippen LogP contribution in [0.3, 0.4) is 0 Å². The van der Waals surface area contributed by atoms with Gasteiger partial charge in [0.15, 0.2) is 17.0 Å². The zero-order valence-corrected chi connectivity index (χ0v) is 26.7. The first-order chi connectivity index (χ1) is 22.5. The number of hydrogen-bond acceptors (Lipinski definition) is 8. The summed E-state index contributed by atoms with van der Waals surface area (Å²) in [5, 5.41) is 0. The number of nitrogens with zero attached hydrogens (tertiary/aromatic N) is 2. The average Bonchev–Trinajstić information content (AvgIpc) is 3.06. The number of nitrogens with two attached hydrogens (primary N) is 2. The van der Waals surface area contributed by atoms with Crippen molar-refractivity contribution in [2.45, 2.75) is 0 Å². The zero-order chi connectivity index (χ0) is 33.7. The second kappa shape index (κ2) is 13.9. The smallest absolute Gasteiger partial charge is 0.195 e. The monoisotopic (exact) mass is 624 g/mol. The van der Waals surface area contributed by atoms with Crippen LogP contribution in [-0.4, -0.2) is 49.6 Å². The van der Waals surface area contributed by atoms with Gasteiger partial charge in [0.2, 0.25) is 0 Å². The Balaban J connectivity index is 1.50. The highest BCUT2D eigenvalue weighted by Crippen LogP contribution is 2.34. The third-order valence-electron chi connectivity index (χ3n) is 7.35. The van der Waals surface area contributed by atoms with E-state index in [-0.39, 0.29) is 17.0 Å². The first kappa shape index (κ1) is 32.2. The van der Waals surface area contributed by atoms with Gasteiger partial charge in [-0.15, -0.1) is 0 Å². The van der Waals surface area contributed by atoms with E-state index in [0.29, 0.717) is 67.4 Å². The first-order valence-electron chi connectivity index (χ1n) is 14.9. The second-order valence-electron chi connectivity index (χ2n) is 11.5. The molecule has 8 nitrogen and oxygen atoms in total. The highest BCUT2D eigenvalue weighted by Gasteiger charge is 2.20. The number of benzene rings is 4. The summed E-state index contributed by atoms with van der Waals surface area (Å²) in [5.41, 5.74) is 17.7. The lowest BCUT2D eigenvalue weighted by atomic mass is 9.94. The van der Waals surface area contributed by atoms with Crippen LogP contribution in [0.4, 0.5) is 11.4 Å². The van der Waals surface area contributed by atoms with E-state index in [9.17, 15) is 14.4 Å². The lowest BCUT2D eigenvalue weighted by molar-refractivity contribution is 0.104. The van der Waals surface area contributed by atoms with Gasteiger partial charge in [0.1, 0.15) is 11.5 Å². The number of nitrogen functional groups attached to an aromatic ring is 2. The Morgan fingerprint density at radius 2 is 0.957 bits per heavy atom. The summed E-state index contributed by atoms with van der Waals surface area (Å²) < 4.78 is 6.21. The first-order valence-corrected chi connectivity index (χ1v) is 14.9. The summed E-state index contributed by atoms with van der Waals surface area (Å²) in [6.45, 7) is 0. The zero-order valence-electron chi connectivity index (χ0n) is 26.7. The number of carbonyl (C=O) groups excluding carboxylic acids is 2. The van der Waals surface area contributed by atoms with Gasteiger partial charge in [-0.1, -0.05) is 84.9 Å². The van der Waals surface area contributed by atoms with Gasteiger partial charge < -0.3 is 25.7 Å². The summed E-state index contributed by atoms with van der Waals surface area (Å²) in [7, 11) is 7.34. The van der Waals surface area contributed by atoms with E-state index in [0.717, 1.165) is 0 Å². The Kier molecular flexibility index (Phi) is 9.52. The molecule has 0 bridgehead atoms. The van der Waals surface area contributed by atoms with Crippen molar-refractivity contribution in [1.82, 2.24) is 9.80 Å². The minimum Gasteiger partial charge on any atom is -0.456 e. The fourth-order valence-electron chi connectivity index (χ4n) is 5.19. The summed E-state index contributed by atoms with van der Waals surface area (Å²) in [6, 6.07) is 31.2. The van der Waals surface area contributed by atoms with E-state index < -0.39 is 0 Å². The van der Waals surface area contributed by atoms with E-state index >= 15 is 0 Å². The minimum atomic E-state index is -0.272. The van der Waals surface area contributed by atoms with Crippen molar-refractivity contribution in [3.05, 3.63) is 154 Å². The minimum absolute atomic E-state index is 0.164. The quantitative estimate of drug-likeness (QED) is 0.0999. The van der Waals surface area contributed by atoms with Gasteiger partial charge in [-0.25, -0.2) is 0 Å². The lowest BCUT2D eigenvalue weighted by Crippen LogP contribution is -2.11. The summed E-state index contributed by atoms with van der Waals surface area (Å²) >= 11 is 0. The predicted molar refractivity (Wildman–Crippen MR) is 190 cm³/mol. The lowest BCUT2D eigenvalue weighted by Gasteiger charge is -2.15. The molecule has 0 aliphatic rings. The molecule has 1 aromatic heterocycles. The van der Waals surface area contributed by atoms with Crippen LogP contribution >= 0.6 is 0 Å². The molecule has 4 N–H and O–H groups in total. The fourth-order valence-corrected chi connectivity index (χ4v) is 5.19. The van der Waals surface area contributed by atoms with Gasteiger partial charge in [0, 0.05) is 109 Å². The Hall–Kier alpha value is -6.15. The largest absolute Gasteiger partial charge is 0.456 e. The molecule has 0 unspecified atom stereocenters. The molecule has 236 valence electrons. The van der Waals surface area contributed by atoms with Gasteiger partial charge in [-0.2, -0.15) is 0 Å². The second-order valence-corrected chi connectivity index (χ2v) is 11.5.